The molecule has 0 spiro atoms. The molecule has 2 atom stereocenters. The molecule has 0 aliphatic rings. The molecule has 2 unspecified atom stereocenters. The fraction of sp³-hybridized carbons (Fsp3) is 0.250. The van der Waals surface area contributed by atoms with Crippen LogP contribution in [0, 0.1) is 10.1 Å². The van der Waals surface area contributed by atoms with Gasteiger partial charge in [-0.2, -0.15) is 0 Å². The van der Waals surface area contributed by atoms with E-state index in [9.17, 15) is 37.2 Å². The number of imidazole rings is 2. The molecule has 0 amide bonds. The van der Waals surface area contributed by atoms with Crippen LogP contribution in [0.4, 0.5) is 22.7 Å². The fourth-order valence-electron chi connectivity index (χ4n) is 7.89. The van der Waals surface area contributed by atoms with E-state index >= 15 is 0 Å². The van der Waals surface area contributed by atoms with Crippen molar-refractivity contribution in [3.63, 3.8) is 0 Å². The molecule has 0 saturated carbocycles. The Labute approximate surface area is 444 Å². The summed E-state index contributed by atoms with van der Waals surface area (Å²) in [5.41, 5.74) is 11.4. The first-order chi connectivity index (χ1) is 36.1. The number of β-amino-alcohol motifs (C(OH)–C–C–N with tert-alkyl or cyclic N) is 2. The number of sulfonamides is 2. The molecule has 0 aliphatic carbocycles. The molecule has 2 aromatic heterocycles. The lowest BCUT2D eigenvalue weighted by molar-refractivity contribution is -0.384. The smallest absolute Gasteiger partial charge is 0.269 e. The lowest BCUT2D eigenvalue weighted by Crippen LogP contribution is -2.42. The van der Waals surface area contributed by atoms with E-state index in [0.717, 1.165) is 47.6 Å². The zero-order valence-corrected chi connectivity index (χ0v) is 44.3. The normalized spacial score (nSPS) is 12.8. The predicted octanol–water partition coefficient (Wildman–Crippen LogP) is 9.18. The number of aliphatic hydroxyl groups is 2. The molecule has 2 heterocycles. The SMILES string of the molecule is CC(C)(CCn1cnc(-c2ccc(N)cc2)c1)NCC(O)c1cccc(NS(=O)(=O)c2ccccc2)c1.CC(C)(CCn1cnc(-c2ccc([N+](=O)[O-])cc2)c1)NCC(O)c1cccc(NS(=O)(=O)c2ccccc2)c1. The number of nitro benzene ring substituents is 1. The summed E-state index contributed by atoms with van der Waals surface area (Å²) in [5, 5.41) is 39.3. The molecule has 0 bridgehead atoms. The molecule has 6 aromatic carbocycles. The first kappa shape index (κ1) is 56.0. The third kappa shape index (κ3) is 16.1. The molecule has 76 heavy (non-hydrogen) atoms. The van der Waals surface area contributed by atoms with Crippen molar-refractivity contribution in [2.45, 2.75) is 86.7 Å². The number of anilines is 3. The van der Waals surface area contributed by atoms with Gasteiger partial charge in [-0.1, -0.05) is 72.8 Å². The number of non-ortho nitro benzene ring substituents is 1. The van der Waals surface area contributed by atoms with Crippen molar-refractivity contribution in [1.82, 2.24) is 29.7 Å². The largest absolute Gasteiger partial charge is 0.399 e. The Hall–Kier alpha value is -7.72. The van der Waals surface area contributed by atoms with Gasteiger partial charge in [-0.25, -0.2) is 26.8 Å². The zero-order chi connectivity index (χ0) is 54.5. The number of rotatable bonds is 23. The zero-order valence-electron chi connectivity index (χ0n) is 42.7. The van der Waals surface area contributed by atoms with Gasteiger partial charge in [0.1, 0.15) is 0 Å². The number of nitrogens with one attached hydrogen (secondary N) is 4. The number of aromatic nitrogens is 4. The molecule has 398 valence electrons. The Morgan fingerprint density at radius 3 is 1.37 bits per heavy atom. The monoisotopic (exact) mass is 1070 g/mol. The number of nitrogens with two attached hydrogens (primary N) is 1. The lowest BCUT2D eigenvalue weighted by Gasteiger charge is -2.28. The summed E-state index contributed by atoms with van der Waals surface area (Å²) in [6.07, 6.45) is 7.37. The van der Waals surface area contributed by atoms with Crippen LogP contribution >= 0.6 is 0 Å². The third-order valence-electron chi connectivity index (χ3n) is 12.5. The average molecular weight is 1070 g/mol. The number of nitrogen functional groups attached to an aromatic ring is 1. The minimum atomic E-state index is -3.73. The van der Waals surface area contributed by atoms with Gasteiger partial charge in [-0.15, -0.1) is 0 Å². The van der Waals surface area contributed by atoms with Gasteiger partial charge in [-0.05, 0) is 124 Å². The van der Waals surface area contributed by atoms with Gasteiger partial charge < -0.3 is 35.7 Å². The van der Waals surface area contributed by atoms with Gasteiger partial charge in [0.15, 0.2) is 0 Å². The second-order valence-corrected chi connectivity index (χ2v) is 22.9. The Bertz CT molecular complexity index is 3390. The number of nitrogens with zero attached hydrogens (tertiary/aromatic N) is 5. The molecule has 0 aliphatic heterocycles. The second-order valence-electron chi connectivity index (χ2n) is 19.6. The summed E-state index contributed by atoms with van der Waals surface area (Å²) in [4.78, 5) is 19.7. The Kier molecular flexibility index (Phi) is 18.2. The highest BCUT2D eigenvalue weighted by Gasteiger charge is 2.23. The second kappa shape index (κ2) is 24.7. The van der Waals surface area contributed by atoms with Crippen LogP contribution < -0.4 is 25.8 Å². The number of hydrogen-bond donors (Lipinski definition) is 7. The van der Waals surface area contributed by atoms with Crippen LogP contribution in [0.25, 0.3) is 22.5 Å². The van der Waals surface area contributed by atoms with Crippen molar-refractivity contribution in [2.24, 2.45) is 0 Å². The minimum Gasteiger partial charge on any atom is -0.399 e. The Morgan fingerprint density at radius 1 is 0.579 bits per heavy atom. The number of benzene rings is 6. The Balaban J connectivity index is 0.000000221. The van der Waals surface area contributed by atoms with E-state index in [0.29, 0.717) is 35.6 Å². The maximum absolute atomic E-state index is 12.6. The quantitative estimate of drug-likeness (QED) is 0.0179. The molecular formula is C56H64N10O8S2. The standard InChI is InChI=1S/C28H31N5O5S.C28H33N5O3S/c1-28(2,15-16-32-19-26(29-20-32)21-11-13-24(14-12-21)33(35)36)30-18-27(34)22-7-6-8-23(17-22)31-39(37,38)25-9-4-3-5-10-25;1-28(2,15-16-33-19-26(30-20-33)21-11-13-23(29)14-12-21)31-18-27(34)22-7-6-8-24(17-22)32-37(35,36)25-9-4-3-5-10-25/h3-14,17,19-20,27,30-31,34H,15-16,18H2,1-2H3;3-14,17,19-20,27,31-32,34H,15-16,18,29H2,1-2H3. The van der Waals surface area contributed by atoms with E-state index in [1.807, 2.05) is 66.0 Å². The molecule has 0 fully saturated rings. The van der Waals surface area contributed by atoms with Gasteiger partial charge in [0.25, 0.3) is 25.7 Å². The molecule has 20 heteroatoms. The van der Waals surface area contributed by atoms with Crippen LogP contribution in [-0.4, -0.2) is 75.2 Å². The molecular weight excluding hydrogens is 1000 g/mol. The van der Waals surface area contributed by atoms with Crippen molar-refractivity contribution >= 4 is 42.8 Å². The van der Waals surface area contributed by atoms with Crippen molar-refractivity contribution in [1.29, 1.82) is 0 Å². The Morgan fingerprint density at radius 2 is 0.974 bits per heavy atom. The number of nitro groups is 1. The third-order valence-corrected chi connectivity index (χ3v) is 15.3. The maximum atomic E-state index is 12.6. The fourth-order valence-corrected chi connectivity index (χ4v) is 10.0. The number of hydrogen-bond acceptors (Lipinski definition) is 13. The molecule has 0 radical (unpaired) electrons. The summed E-state index contributed by atoms with van der Waals surface area (Å²) in [5.74, 6) is 0. The number of aliphatic hydroxyl groups excluding tert-OH is 2. The van der Waals surface area contributed by atoms with Gasteiger partial charge >= 0.3 is 0 Å². The van der Waals surface area contributed by atoms with E-state index in [1.165, 1.54) is 36.4 Å². The molecule has 8 rings (SSSR count). The van der Waals surface area contributed by atoms with Crippen molar-refractivity contribution in [2.75, 3.05) is 28.3 Å². The summed E-state index contributed by atoms with van der Waals surface area (Å²) in [6, 6.07) is 43.8. The highest BCUT2D eigenvalue weighted by Crippen LogP contribution is 2.26. The van der Waals surface area contributed by atoms with E-state index in [1.54, 1.807) is 103 Å². The summed E-state index contributed by atoms with van der Waals surface area (Å²) in [7, 11) is -7.43. The average Bonchev–Trinajstić information content (AvgIpc) is 4.10. The van der Waals surface area contributed by atoms with Crippen molar-refractivity contribution in [3.8, 4) is 22.5 Å². The van der Waals surface area contributed by atoms with Crippen LogP contribution in [0.2, 0.25) is 0 Å². The summed E-state index contributed by atoms with van der Waals surface area (Å²) in [6.45, 7) is 10.3. The van der Waals surface area contributed by atoms with E-state index in [4.69, 9.17) is 5.73 Å². The van der Waals surface area contributed by atoms with Crippen molar-refractivity contribution < 1.29 is 32.0 Å². The van der Waals surface area contributed by atoms with Crippen LogP contribution in [0.15, 0.2) is 193 Å². The van der Waals surface area contributed by atoms with Crippen LogP contribution in [0.5, 0.6) is 0 Å². The van der Waals surface area contributed by atoms with Crippen LogP contribution in [0.1, 0.15) is 63.9 Å². The van der Waals surface area contributed by atoms with E-state index in [2.05, 4.69) is 43.9 Å². The summed E-state index contributed by atoms with van der Waals surface area (Å²) < 4.78 is 59.7. The molecule has 18 nitrogen and oxygen atoms in total. The highest BCUT2D eigenvalue weighted by atomic mass is 32.2. The van der Waals surface area contributed by atoms with E-state index in [-0.39, 0.29) is 33.1 Å². The van der Waals surface area contributed by atoms with Crippen LogP contribution in [-0.2, 0) is 33.1 Å². The minimum absolute atomic E-state index is 0.0356. The highest BCUT2D eigenvalue weighted by molar-refractivity contribution is 7.93. The number of aryl methyl sites for hydroxylation is 2. The first-order valence-corrected chi connectivity index (χ1v) is 27.5. The molecule has 8 aromatic rings. The van der Waals surface area contributed by atoms with Gasteiger partial charge in [0.2, 0.25) is 0 Å². The molecule has 0 saturated heterocycles. The van der Waals surface area contributed by atoms with Gasteiger partial charge in [0.05, 0.1) is 51.0 Å². The van der Waals surface area contributed by atoms with Crippen molar-refractivity contribution in [3.05, 3.63) is 204 Å². The van der Waals surface area contributed by atoms with E-state index < -0.39 is 37.2 Å². The summed E-state index contributed by atoms with van der Waals surface area (Å²) >= 11 is 0. The first-order valence-electron chi connectivity index (χ1n) is 24.5. The topological polar surface area (TPSA) is 262 Å². The van der Waals surface area contributed by atoms with Gasteiger partial charge in [0, 0.05) is 90.0 Å². The molecule has 8 N–H and O–H groups in total. The lowest BCUT2D eigenvalue weighted by atomic mass is 9.99. The predicted molar refractivity (Wildman–Crippen MR) is 297 cm³/mol. The van der Waals surface area contributed by atoms with Crippen LogP contribution in [0.3, 0.4) is 0 Å². The van der Waals surface area contributed by atoms with Gasteiger partial charge in [-0.3, -0.25) is 19.6 Å². The maximum Gasteiger partial charge on any atom is 0.269 e.